The summed E-state index contributed by atoms with van der Waals surface area (Å²) in [4.78, 5) is 0. The molecule has 0 aromatic heterocycles. The summed E-state index contributed by atoms with van der Waals surface area (Å²) in [6.45, 7) is 4.41. The van der Waals surface area contributed by atoms with Crippen LogP contribution < -0.4 is 0 Å². The molecular formula is C3H7Sn+. The van der Waals surface area contributed by atoms with E-state index in [2.05, 4.69) is 13.8 Å². The Bertz CT molecular complexity index is 8.00. The molecule has 0 aliphatic heterocycles. The molecule has 0 saturated heterocycles. The first-order valence-corrected chi connectivity index (χ1v) is 3.09. The fourth-order valence-electron chi connectivity index (χ4n) is 0. The minimum atomic E-state index is 0.923. The minimum absolute atomic E-state index is 0.923. The second kappa shape index (κ2) is 2.06. The van der Waals surface area contributed by atoms with Gasteiger partial charge in [-0.15, -0.1) is 0 Å². The van der Waals surface area contributed by atoms with Crippen molar-refractivity contribution in [2.75, 3.05) is 0 Å². The second-order valence-corrected chi connectivity index (χ2v) is 4.45. The molecule has 2 radical (unpaired) electrons. The SMILES string of the molecule is C[CH](C)[Sn+]. The quantitative estimate of drug-likeness (QED) is 0.465. The van der Waals surface area contributed by atoms with Crippen LogP contribution in [0.2, 0.25) is 3.93 Å². The first kappa shape index (κ1) is 4.80. The molecule has 4 heavy (non-hydrogen) atoms. The van der Waals surface area contributed by atoms with Crippen LogP contribution in [-0.2, 0) is 0 Å². The van der Waals surface area contributed by atoms with Gasteiger partial charge in [0.05, 0.1) is 0 Å². The zero-order chi connectivity index (χ0) is 3.58. The van der Waals surface area contributed by atoms with Crippen molar-refractivity contribution in [2.24, 2.45) is 0 Å². The summed E-state index contributed by atoms with van der Waals surface area (Å²) in [6, 6.07) is 0. The van der Waals surface area contributed by atoms with Crippen molar-refractivity contribution in [1.29, 1.82) is 0 Å². The Kier molecular flexibility index (Phi) is 2.47. The van der Waals surface area contributed by atoms with Crippen molar-refractivity contribution < 1.29 is 0 Å². The zero-order valence-electron chi connectivity index (χ0n) is 3.08. The van der Waals surface area contributed by atoms with E-state index in [1.165, 1.54) is 0 Å². The molecule has 0 amide bonds. The maximum atomic E-state index is 2.21. The predicted molar refractivity (Wildman–Crippen MR) is 20.9 cm³/mol. The molecule has 0 saturated carbocycles. The third-order valence-corrected chi connectivity index (χ3v) is 0. The van der Waals surface area contributed by atoms with E-state index in [0.717, 1.165) is 3.93 Å². The Hall–Kier alpha value is 0.799. The molecule has 0 aliphatic carbocycles. The molecule has 0 rings (SSSR count). The average Bonchev–Trinajstić information content (AvgIpc) is 0.811. The fraction of sp³-hybridized carbons (Fsp3) is 1.00. The predicted octanol–water partition coefficient (Wildman–Crippen LogP) is 0.983. The van der Waals surface area contributed by atoms with Crippen molar-refractivity contribution in [2.45, 2.75) is 17.8 Å². The van der Waals surface area contributed by atoms with Crippen molar-refractivity contribution in [3.63, 3.8) is 0 Å². The van der Waals surface area contributed by atoms with Gasteiger partial charge in [-0.3, -0.25) is 0 Å². The number of rotatable bonds is 0. The monoisotopic (exact) mass is 163 g/mol. The molecule has 0 N–H and O–H groups in total. The van der Waals surface area contributed by atoms with Crippen LogP contribution in [0, 0.1) is 0 Å². The van der Waals surface area contributed by atoms with Crippen LogP contribution in [0.25, 0.3) is 0 Å². The van der Waals surface area contributed by atoms with Crippen LogP contribution in [0.5, 0.6) is 0 Å². The summed E-state index contributed by atoms with van der Waals surface area (Å²) in [5, 5.41) is 0. The summed E-state index contributed by atoms with van der Waals surface area (Å²) in [7, 11) is 0. The summed E-state index contributed by atoms with van der Waals surface area (Å²) >= 11 is 1.64. The van der Waals surface area contributed by atoms with Crippen LogP contribution in [0.15, 0.2) is 0 Å². The normalized spacial score (nSPS) is 8.75. The molecule has 0 fully saturated rings. The van der Waals surface area contributed by atoms with E-state index in [1.807, 2.05) is 0 Å². The van der Waals surface area contributed by atoms with E-state index in [9.17, 15) is 0 Å². The number of hydrogen-bond acceptors (Lipinski definition) is 0. The van der Waals surface area contributed by atoms with Crippen LogP contribution in [0.3, 0.4) is 0 Å². The average molecular weight is 162 g/mol. The van der Waals surface area contributed by atoms with Crippen LogP contribution >= 0.6 is 0 Å². The Balaban J connectivity index is 2.32. The molecule has 1 heteroatoms. The molecular weight excluding hydrogens is 155 g/mol. The molecule has 22 valence electrons. The second-order valence-electron chi connectivity index (χ2n) is 1.15. The van der Waals surface area contributed by atoms with Gasteiger partial charge in [0.2, 0.25) is 0 Å². The van der Waals surface area contributed by atoms with Gasteiger partial charge in [-0.05, 0) is 0 Å². The van der Waals surface area contributed by atoms with Crippen molar-refractivity contribution in [3.05, 3.63) is 0 Å². The summed E-state index contributed by atoms with van der Waals surface area (Å²) < 4.78 is 0.923. The van der Waals surface area contributed by atoms with Gasteiger partial charge >= 0.3 is 40.3 Å². The molecule has 0 heterocycles. The summed E-state index contributed by atoms with van der Waals surface area (Å²) in [6.07, 6.45) is 0. The van der Waals surface area contributed by atoms with Crippen LogP contribution in [0.1, 0.15) is 13.8 Å². The molecule has 0 unspecified atom stereocenters. The molecule has 0 aromatic carbocycles. The van der Waals surface area contributed by atoms with Crippen LogP contribution in [0.4, 0.5) is 0 Å². The van der Waals surface area contributed by atoms with Gasteiger partial charge in [0.1, 0.15) is 0 Å². The zero-order valence-corrected chi connectivity index (χ0v) is 5.93. The third-order valence-electron chi connectivity index (χ3n) is 0. The molecule has 0 aliphatic rings. The van der Waals surface area contributed by atoms with E-state index < -0.39 is 0 Å². The topological polar surface area (TPSA) is 0 Å². The molecule has 0 nitrogen and oxygen atoms in total. The molecule has 0 aromatic rings. The van der Waals surface area contributed by atoms with E-state index in [4.69, 9.17) is 0 Å². The summed E-state index contributed by atoms with van der Waals surface area (Å²) in [5.41, 5.74) is 0. The standard InChI is InChI=1S/C3H7.Sn/c1-3-2;/h3H,1-2H3;/q;+1. The van der Waals surface area contributed by atoms with Crippen molar-refractivity contribution in [3.8, 4) is 0 Å². The first-order valence-electron chi connectivity index (χ1n) is 1.44. The van der Waals surface area contributed by atoms with Crippen LogP contribution in [-0.4, -0.2) is 22.5 Å². The van der Waals surface area contributed by atoms with Gasteiger partial charge < -0.3 is 0 Å². The Morgan fingerprint density at radius 1 is 1.50 bits per heavy atom. The van der Waals surface area contributed by atoms with E-state index in [0.29, 0.717) is 0 Å². The third kappa shape index (κ3) is 14.2. The Morgan fingerprint density at radius 2 is 1.50 bits per heavy atom. The van der Waals surface area contributed by atoms with E-state index in [-0.39, 0.29) is 0 Å². The number of hydrogen-bond donors (Lipinski definition) is 0. The van der Waals surface area contributed by atoms with Crippen molar-refractivity contribution >= 4 is 22.5 Å². The van der Waals surface area contributed by atoms with E-state index >= 15 is 0 Å². The van der Waals surface area contributed by atoms with Gasteiger partial charge in [-0.1, -0.05) is 0 Å². The van der Waals surface area contributed by atoms with Gasteiger partial charge in [0.25, 0.3) is 0 Å². The molecule has 0 bridgehead atoms. The van der Waals surface area contributed by atoms with Gasteiger partial charge in [-0.25, -0.2) is 0 Å². The van der Waals surface area contributed by atoms with E-state index in [1.54, 1.807) is 22.5 Å². The van der Waals surface area contributed by atoms with Gasteiger partial charge in [-0.2, -0.15) is 0 Å². The fourth-order valence-corrected chi connectivity index (χ4v) is 0. The van der Waals surface area contributed by atoms with Gasteiger partial charge in [0, 0.05) is 0 Å². The first-order chi connectivity index (χ1) is 1.73. The molecule has 0 atom stereocenters. The maximum absolute atomic E-state index is 2.21. The van der Waals surface area contributed by atoms with Gasteiger partial charge in [0.15, 0.2) is 0 Å². The molecule has 0 spiro atoms. The summed E-state index contributed by atoms with van der Waals surface area (Å²) in [5.74, 6) is 0. The Morgan fingerprint density at radius 3 is 1.50 bits per heavy atom. The van der Waals surface area contributed by atoms with Crippen molar-refractivity contribution in [1.82, 2.24) is 0 Å². The Labute approximate surface area is 40.7 Å².